The standard InChI is InChI=1S/C20H25FN2O/c1-16(18-9-5-6-10-19(18)21)15-20(24)23(14-12-22)13-11-17-7-3-2-4-8-17/h2-10,16H,11-15,22H2,1H3. The molecule has 0 saturated heterocycles. The third-order valence-electron chi connectivity index (χ3n) is 4.18. The van der Waals surface area contributed by atoms with E-state index < -0.39 is 0 Å². The maximum atomic E-state index is 13.9. The molecular formula is C20H25FN2O. The molecule has 0 fully saturated rings. The van der Waals surface area contributed by atoms with Crippen molar-refractivity contribution in [3.05, 3.63) is 71.5 Å². The number of benzene rings is 2. The van der Waals surface area contributed by atoms with Gasteiger partial charge in [-0.05, 0) is 29.5 Å². The van der Waals surface area contributed by atoms with Crippen molar-refractivity contribution in [3.63, 3.8) is 0 Å². The van der Waals surface area contributed by atoms with Crippen LogP contribution in [0.5, 0.6) is 0 Å². The van der Waals surface area contributed by atoms with Crippen LogP contribution in [-0.4, -0.2) is 30.4 Å². The second-order valence-corrected chi connectivity index (χ2v) is 6.03. The molecule has 24 heavy (non-hydrogen) atoms. The van der Waals surface area contributed by atoms with E-state index in [2.05, 4.69) is 0 Å². The summed E-state index contributed by atoms with van der Waals surface area (Å²) in [4.78, 5) is 14.4. The molecule has 0 aromatic heterocycles. The molecule has 0 bridgehead atoms. The molecule has 0 saturated carbocycles. The molecule has 0 aliphatic rings. The van der Waals surface area contributed by atoms with Crippen molar-refractivity contribution in [1.82, 2.24) is 4.90 Å². The minimum atomic E-state index is -0.257. The topological polar surface area (TPSA) is 46.3 Å². The van der Waals surface area contributed by atoms with Crippen LogP contribution in [0.15, 0.2) is 54.6 Å². The Morgan fingerprint density at radius 3 is 2.42 bits per heavy atom. The summed E-state index contributed by atoms with van der Waals surface area (Å²) in [7, 11) is 0. The average molecular weight is 328 g/mol. The van der Waals surface area contributed by atoms with Crippen molar-refractivity contribution in [2.24, 2.45) is 5.73 Å². The molecule has 2 N–H and O–H groups in total. The summed E-state index contributed by atoms with van der Waals surface area (Å²) in [5.41, 5.74) is 7.42. The highest BCUT2D eigenvalue weighted by Gasteiger charge is 2.19. The average Bonchev–Trinajstić information content (AvgIpc) is 2.59. The van der Waals surface area contributed by atoms with E-state index in [1.807, 2.05) is 37.3 Å². The lowest BCUT2D eigenvalue weighted by Gasteiger charge is -2.24. The van der Waals surface area contributed by atoms with Gasteiger partial charge >= 0.3 is 0 Å². The predicted molar refractivity (Wildman–Crippen MR) is 95.2 cm³/mol. The number of carbonyl (C=O) groups is 1. The number of rotatable bonds is 8. The lowest BCUT2D eigenvalue weighted by atomic mass is 9.96. The first-order chi connectivity index (χ1) is 11.6. The van der Waals surface area contributed by atoms with Gasteiger partial charge in [-0.1, -0.05) is 55.5 Å². The minimum Gasteiger partial charge on any atom is -0.341 e. The first kappa shape index (κ1) is 18.1. The molecule has 1 amide bonds. The SMILES string of the molecule is CC(CC(=O)N(CCN)CCc1ccccc1)c1ccccc1F. The monoisotopic (exact) mass is 328 g/mol. The van der Waals surface area contributed by atoms with E-state index in [0.29, 0.717) is 25.2 Å². The van der Waals surface area contributed by atoms with E-state index in [-0.39, 0.29) is 24.1 Å². The molecule has 1 unspecified atom stereocenters. The number of hydrogen-bond acceptors (Lipinski definition) is 2. The number of amides is 1. The number of carbonyl (C=O) groups excluding carboxylic acids is 1. The summed E-state index contributed by atoms with van der Waals surface area (Å²) in [5, 5.41) is 0. The van der Waals surface area contributed by atoms with Crippen LogP contribution in [-0.2, 0) is 11.2 Å². The van der Waals surface area contributed by atoms with Crippen LogP contribution in [0.2, 0.25) is 0 Å². The molecule has 2 aromatic carbocycles. The lowest BCUT2D eigenvalue weighted by molar-refractivity contribution is -0.131. The van der Waals surface area contributed by atoms with Crippen LogP contribution in [0.25, 0.3) is 0 Å². The maximum Gasteiger partial charge on any atom is 0.223 e. The predicted octanol–water partition coefficient (Wildman–Crippen LogP) is 3.35. The second kappa shape index (κ2) is 9.18. The summed E-state index contributed by atoms with van der Waals surface area (Å²) in [6, 6.07) is 16.7. The molecule has 3 nitrogen and oxygen atoms in total. The van der Waals surface area contributed by atoms with Crippen molar-refractivity contribution >= 4 is 5.91 Å². The van der Waals surface area contributed by atoms with Gasteiger partial charge in [0.15, 0.2) is 0 Å². The summed E-state index contributed by atoms with van der Waals surface area (Å²) in [6.07, 6.45) is 1.08. The number of nitrogens with two attached hydrogens (primary N) is 1. The quantitative estimate of drug-likeness (QED) is 0.808. The van der Waals surface area contributed by atoms with E-state index in [4.69, 9.17) is 5.73 Å². The molecule has 0 spiro atoms. The Bertz CT molecular complexity index is 645. The molecule has 0 aliphatic heterocycles. The van der Waals surface area contributed by atoms with Crippen LogP contribution < -0.4 is 5.73 Å². The second-order valence-electron chi connectivity index (χ2n) is 6.03. The van der Waals surface area contributed by atoms with Gasteiger partial charge in [-0.3, -0.25) is 4.79 Å². The van der Waals surface area contributed by atoms with Crippen molar-refractivity contribution < 1.29 is 9.18 Å². The fourth-order valence-electron chi connectivity index (χ4n) is 2.80. The number of nitrogens with zero attached hydrogens (tertiary/aromatic N) is 1. The van der Waals surface area contributed by atoms with Gasteiger partial charge in [-0.2, -0.15) is 0 Å². The largest absolute Gasteiger partial charge is 0.341 e. The van der Waals surface area contributed by atoms with Gasteiger partial charge in [0, 0.05) is 26.1 Å². The number of halogens is 1. The zero-order valence-corrected chi connectivity index (χ0v) is 14.1. The van der Waals surface area contributed by atoms with Crippen molar-refractivity contribution in [3.8, 4) is 0 Å². The van der Waals surface area contributed by atoms with E-state index in [1.165, 1.54) is 11.6 Å². The molecule has 128 valence electrons. The van der Waals surface area contributed by atoms with E-state index >= 15 is 0 Å². The zero-order chi connectivity index (χ0) is 17.4. The lowest BCUT2D eigenvalue weighted by Crippen LogP contribution is -2.37. The van der Waals surface area contributed by atoms with E-state index in [0.717, 1.165) is 6.42 Å². The zero-order valence-electron chi connectivity index (χ0n) is 14.1. The normalized spacial score (nSPS) is 12.0. The molecule has 4 heteroatoms. The molecule has 1 atom stereocenters. The fraction of sp³-hybridized carbons (Fsp3) is 0.350. The summed E-state index contributed by atoms with van der Waals surface area (Å²) >= 11 is 0. The molecule has 0 heterocycles. The summed E-state index contributed by atoms with van der Waals surface area (Å²) < 4.78 is 13.9. The summed E-state index contributed by atoms with van der Waals surface area (Å²) in [5.74, 6) is -0.393. The van der Waals surface area contributed by atoms with Crippen LogP contribution in [0.1, 0.15) is 30.4 Å². The van der Waals surface area contributed by atoms with E-state index in [9.17, 15) is 9.18 Å². The van der Waals surface area contributed by atoms with Crippen LogP contribution >= 0.6 is 0 Å². The molecule has 2 aromatic rings. The fourth-order valence-corrected chi connectivity index (χ4v) is 2.80. The highest BCUT2D eigenvalue weighted by Crippen LogP contribution is 2.22. The first-order valence-corrected chi connectivity index (χ1v) is 8.38. The molecule has 2 rings (SSSR count). The molecule has 0 aliphatic carbocycles. The van der Waals surface area contributed by atoms with Crippen molar-refractivity contribution in [2.75, 3.05) is 19.6 Å². The Kier molecular flexibility index (Phi) is 6.94. The van der Waals surface area contributed by atoms with Crippen molar-refractivity contribution in [1.29, 1.82) is 0 Å². The van der Waals surface area contributed by atoms with Crippen LogP contribution in [0, 0.1) is 5.82 Å². The number of hydrogen-bond donors (Lipinski definition) is 1. The highest BCUT2D eigenvalue weighted by molar-refractivity contribution is 5.77. The van der Waals surface area contributed by atoms with Gasteiger partial charge in [0.25, 0.3) is 0 Å². The smallest absolute Gasteiger partial charge is 0.223 e. The van der Waals surface area contributed by atoms with Gasteiger partial charge in [-0.25, -0.2) is 4.39 Å². The maximum absolute atomic E-state index is 13.9. The van der Waals surface area contributed by atoms with Gasteiger partial charge < -0.3 is 10.6 Å². The third kappa shape index (κ3) is 5.17. The van der Waals surface area contributed by atoms with Crippen LogP contribution in [0.4, 0.5) is 4.39 Å². The Hall–Kier alpha value is -2.20. The van der Waals surface area contributed by atoms with Gasteiger partial charge in [0.1, 0.15) is 5.82 Å². The molecular weight excluding hydrogens is 303 g/mol. The Labute approximate surface area is 143 Å². The Balaban J connectivity index is 1.96. The van der Waals surface area contributed by atoms with E-state index in [1.54, 1.807) is 23.1 Å². The van der Waals surface area contributed by atoms with Gasteiger partial charge in [0.05, 0.1) is 0 Å². The third-order valence-corrected chi connectivity index (χ3v) is 4.18. The summed E-state index contributed by atoms with van der Waals surface area (Å²) in [6.45, 7) is 3.46. The highest BCUT2D eigenvalue weighted by atomic mass is 19.1. The Morgan fingerprint density at radius 2 is 1.75 bits per heavy atom. The van der Waals surface area contributed by atoms with Crippen molar-refractivity contribution in [2.45, 2.75) is 25.7 Å². The minimum absolute atomic E-state index is 0.0205. The van der Waals surface area contributed by atoms with Gasteiger partial charge in [-0.15, -0.1) is 0 Å². The van der Waals surface area contributed by atoms with Crippen LogP contribution in [0.3, 0.4) is 0 Å². The molecule has 0 radical (unpaired) electrons. The Morgan fingerprint density at radius 1 is 1.08 bits per heavy atom. The van der Waals surface area contributed by atoms with Gasteiger partial charge in [0.2, 0.25) is 5.91 Å². The first-order valence-electron chi connectivity index (χ1n) is 8.38.